The van der Waals surface area contributed by atoms with E-state index in [2.05, 4.69) is 9.97 Å². The highest BCUT2D eigenvalue weighted by Gasteiger charge is 2.24. The van der Waals surface area contributed by atoms with Gasteiger partial charge in [0.2, 0.25) is 0 Å². The van der Waals surface area contributed by atoms with E-state index in [0.29, 0.717) is 5.16 Å². The number of carbonyl (C=O) groups is 1. The summed E-state index contributed by atoms with van der Waals surface area (Å²) < 4.78 is 0. The lowest BCUT2D eigenvalue weighted by molar-refractivity contribution is -0.384. The average molecular weight is 305 g/mol. The number of benzene rings is 1. The van der Waals surface area contributed by atoms with Crippen molar-refractivity contribution in [3.05, 3.63) is 45.6 Å². The normalized spacial score (nSPS) is 10.4. The summed E-state index contributed by atoms with van der Waals surface area (Å²) in [5.74, 6) is -1.21. The number of hydrogen-bond donors (Lipinski definition) is 1. The smallest absolute Gasteiger partial charge is 0.339 e. The molecule has 1 heterocycles. The maximum Gasteiger partial charge on any atom is 0.339 e. The molecule has 0 amide bonds. The zero-order valence-corrected chi connectivity index (χ0v) is 12.0. The number of carboxylic acid groups (broad SMARTS) is 1. The van der Waals surface area contributed by atoms with Gasteiger partial charge in [-0.1, -0.05) is 23.9 Å². The van der Waals surface area contributed by atoms with E-state index < -0.39 is 10.9 Å². The van der Waals surface area contributed by atoms with Crippen LogP contribution in [0.1, 0.15) is 16.1 Å². The minimum atomic E-state index is -1.21. The van der Waals surface area contributed by atoms with Crippen LogP contribution in [-0.2, 0) is 0 Å². The summed E-state index contributed by atoms with van der Waals surface area (Å²) in [5.41, 5.74) is 0.189. The molecule has 1 aromatic heterocycles. The van der Waals surface area contributed by atoms with Crippen LogP contribution >= 0.6 is 11.8 Å². The van der Waals surface area contributed by atoms with Crippen molar-refractivity contribution in [2.45, 2.75) is 12.1 Å². The molecule has 0 fully saturated rings. The predicted octanol–water partition coefficient (Wildman–Crippen LogP) is 2.78. The molecule has 21 heavy (non-hydrogen) atoms. The molecule has 0 aliphatic heterocycles. The van der Waals surface area contributed by atoms with Gasteiger partial charge in [-0.05, 0) is 19.2 Å². The number of para-hydroxylation sites is 1. The zero-order chi connectivity index (χ0) is 15.6. The first-order valence-corrected chi connectivity index (χ1v) is 7.08. The Morgan fingerprint density at radius 3 is 2.57 bits per heavy atom. The fourth-order valence-corrected chi connectivity index (χ4v) is 2.33. The fourth-order valence-electron chi connectivity index (χ4n) is 1.92. The van der Waals surface area contributed by atoms with E-state index in [4.69, 9.17) is 0 Å². The summed E-state index contributed by atoms with van der Waals surface area (Å²) in [6, 6.07) is 5.92. The second kappa shape index (κ2) is 5.88. The molecular formula is C13H11N3O4S. The Hall–Kier alpha value is -2.48. The molecule has 1 aromatic carbocycles. The van der Waals surface area contributed by atoms with Gasteiger partial charge in [-0.15, -0.1) is 0 Å². The SMILES string of the molecule is CSc1nc(C)c(C(=O)O)c(-c2ccccc2[N+](=O)[O-])n1. The largest absolute Gasteiger partial charge is 0.478 e. The predicted molar refractivity (Wildman–Crippen MR) is 77.6 cm³/mol. The molecule has 0 bridgehead atoms. The number of aromatic carboxylic acids is 1. The summed E-state index contributed by atoms with van der Waals surface area (Å²) in [6.07, 6.45) is 1.75. The highest BCUT2D eigenvalue weighted by molar-refractivity contribution is 7.98. The van der Waals surface area contributed by atoms with Crippen LogP contribution in [0.5, 0.6) is 0 Å². The molecule has 108 valence electrons. The van der Waals surface area contributed by atoms with Crippen LogP contribution in [0.25, 0.3) is 11.3 Å². The van der Waals surface area contributed by atoms with E-state index in [0.717, 1.165) is 0 Å². The Bertz CT molecular complexity index is 733. The van der Waals surface area contributed by atoms with Crippen LogP contribution in [0.15, 0.2) is 29.4 Å². The van der Waals surface area contributed by atoms with Gasteiger partial charge in [-0.3, -0.25) is 10.1 Å². The Kier molecular flexibility index (Phi) is 4.18. The van der Waals surface area contributed by atoms with Crippen molar-refractivity contribution >= 4 is 23.4 Å². The Balaban J connectivity index is 2.82. The third-order valence-electron chi connectivity index (χ3n) is 2.82. The lowest BCUT2D eigenvalue weighted by Crippen LogP contribution is -2.09. The third-order valence-corrected chi connectivity index (χ3v) is 3.37. The summed E-state index contributed by atoms with van der Waals surface area (Å²) in [5, 5.41) is 20.8. The van der Waals surface area contributed by atoms with E-state index in [1.54, 1.807) is 19.2 Å². The molecule has 0 radical (unpaired) electrons. The molecule has 0 saturated heterocycles. The minimum absolute atomic E-state index is 0.0617. The minimum Gasteiger partial charge on any atom is -0.478 e. The lowest BCUT2D eigenvalue weighted by Gasteiger charge is -2.10. The lowest BCUT2D eigenvalue weighted by atomic mass is 10.0. The molecule has 1 N–H and O–H groups in total. The van der Waals surface area contributed by atoms with Gasteiger partial charge in [0.15, 0.2) is 5.16 Å². The van der Waals surface area contributed by atoms with Crippen LogP contribution in [0, 0.1) is 17.0 Å². The van der Waals surface area contributed by atoms with Gasteiger partial charge in [0.05, 0.1) is 21.9 Å². The molecule has 8 heteroatoms. The van der Waals surface area contributed by atoms with Gasteiger partial charge in [0.25, 0.3) is 5.69 Å². The standard InChI is InChI=1S/C13H11N3O4S/c1-7-10(12(17)18)11(15-13(14-7)21-2)8-5-3-4-6-9(8)16(19)20/h3-6H,1-2H3,(H,17,18). The summed E-state index contributed by atoms with van der Waals surface area (Å²) in [7, 11) is 0. The van der Waals surface area contributed by atoms with Crippen molar-refractivity contribution in [1.82, 2.24) is 9.97 Å². The van der Waals surface area contributed by atoms with Crippen LogP contribution < -0.4 is 0 Å². The second-order valence-electron chi connectivity index (χ2n) is 4.10. The highest BCUT2D eigenvalue weighted by atomic mass is 32.2. The van der Waals surface area contributed by atoms with Crippen molar-refractivity contribution in [1.29, 1.82) is 0 Å². The summed E-state index contributed by atoms with van der Waals surface area (Å²) >= 11 is 1.24. The van der Waals surface area contributed by atoms with Gasteiger partial charge in [-0.25, -0.2) is 14.8 Å². The topological polar surface area (TPSA) is 106 Å². The first-order valence-electron chi connectivity index (χ1n) is 5.85. The molecule has 0 aliphatic carbocycles. The van der Waals surface area contributed by atoms with E-state index in [1.807, 2.05) is 0 Å². The van der Waals surface area contributed by atoms with E-state index in [1.165, 1.54) is 30.0 Å². The van der Waals surface area contributed by atoms with E-state index in [9.17, 15) is 20.0 Å². The number of nitro groups is 1. The first kappa shape index (κ1) is 14.9. The number of carboxylic acids is 1. The van der Waals surface area contributed by atoms with Crippen LogP contribution in [0.2, 0.25) is 0 Å². The highest BCUT2D eigenvalue weighted by Crippen LogP contribution is 2.32. The van der Waals surface area contributed by atoms with Gasteiger partial charge < -0.3 is 5.11 Å². The first-order chi connectivity index (χ1) is 9.95. The molecule has 2 rings (SSSR count). The molecule has 0 saturated carbocycles. The Morgan fingerprint density at radius 2 is 2.00 bits per heavy atom. The number of thioether (sulfide) groups is 1. The number of aryl methyl sites for hydroxylation is 1. The van der Waals surface area contributed by atoms with E-state index in [-0.39, 0.29) is 28.2 Å². The summed E-state index contributed by atoms with van der Waals surface area (Å²) in [6.45, 7) is 1.54. The third kappa shape index (κ3) is 2.84. The molecule has 0 unspecified atom stereocenters. The van der Waals surface area contributed by atoms with Gasteiger partial charge in [0.1, 0.15) is 5.56 Å². The molecule has 0 spiro atoms. The number of nitrogens with zero attached hydrogens (tertiary/aromatic N) is 3. The van der Waals surface area contributed by atoms with Gasteiger partial charge >= 0.3 is 5.97 Å². The number of hydrogen-bond acceptors (Lipinski definition) is 6. The molecule has 2 aromatic rings. The number of aromatic nitrogens is 2. The monoisotopic (exact) mass is 305 g/mol. The zero-order valence-electron chi connectivity index (χ0n) is 11.2. The van der Waals surface area contributed by atoms with E-state index >= 15 is 0 Å². The van der Waals surface area contributed by atoms with Crippen LogP contribution in [0.4, 0.5) is 5.69 Å². The quantitative estimate of drug-likeness (QED) is 0.400. The van der Waals surface area contributed by atoms with Crippen LogP contribution in [0.3, 0.4) is 0 Å². The van der Waals surface area contributed by atoms with Gasteiger partial charge in [0, 0.05) is 6.07 Å². The molecule has 7 nitrogen and oxygen atoms in total. The maximum absolute atomic E-state index is 11.4. The van der Waals surface area contributed by atoms with Crippen molar-refractivity contribution < 1.29 is 14.8 Å². The average Bonchev–Trinajstić information content (AvgIpc) is 2.45. The maximum atomic E-state index is 11.4. The Labute approximate surface area is 124 Å². The van der Waals surface area contributed by atoms with Crippen molar-refractivity contribution in [3.8, 4) is 11.3 Å². The fraction of sp³-hybridized carbons (Fsp3) is 0.154. The molecular weight excluding hydrogens is 294 g/mol. The van der Waals surface area contributed by atoms with Gasteiger partial charge in [-0.2, -0.15) is 0 Å². The molecule has 0 aliphatic rings. The van der Waals surface area contributed by atoms with Crippen molar-refractivity contribution in [3.63, 3.8) is 0 Å². The second-order valence-corrected chi connectivity index (χ2v) is 4.87. The number of rotatable bonds is 4. The van der Waals surface area contributed by atoms with Crippen molar-refractivity contribution in [2.24, 2.45) is 0 Å². The van der Waals surface area contributed by atoms with Crippen molar-refractivity contribution in [2.75, 3.05) is 6.26 Å². The van der Waals surface area contributed by atoms with Crippen LogP contribution in [-0.4, -0.2) is 32.2 Å². The summed E-state index contributed by atoms with van der Waals surface area (Å²) in [4.78, 5) is 30.2. The molecule has 0 atom stereocenters. The number of nitro benzene ring substituents is 1. The Morgan fingerprint density at radius 1 is 1.33 bits per heavy atom.